The molecular weight excluding hydrogens is 300 g/mol. The molecule has 1 heterocycles. The van der Waals surface area contributed by atoms with Crippen molar-refractivity contribution in [3.8, 4) is 0 Å². The summed E-state index contributed by atoms with van der Waals surface area (Å²) in [6.07, 6.45) is 1.63. The van der Waals surface area contributed by atoms with Crippen molar-refractivity contribution in [1.29, 1.82) is 0 Å². The Bertz CT molecular complexity index is 726. The molecule has 2 N–H and O–H groups in total. The molecule has 1 aromatic carbocycles. The molecule has 0 bridgehead atoms. The fourth-order valence-electron chi connectivity index (χ4n) is 2.44. The van der Waals surface area contributed by atoms with E-state index in [0.29, 0.717) is 12.1 Å². The molecule has 1 aliphatic rings. The van der Waals surface area contributed by atoms with Crippen LogP contribution in [0.3, 0.4) is 0 Å². The first-order valence-corrected chi connectivity index (χ1v) is 9.85. The van der Waals surface area contributed by atoms with E-state index in [4.69, 9.17) is 5.73 Å². The minimum atomic E-state index is -3.41. The topological polar surface area (TPSA) is 97.5 Å². The fraction of sp³-hybridized carbons (Fsp3) is 0.500. The molecule has 1 fully saturated rings. The maximum absolute atomic E-state index is 11.7. The van der Waals surface area contributed by atoms with E-state index in [1.165, 1.54) is 6.07 Å². The van der Waals surface area contributed by atoms with Gasteiger partial charge in [0.25, 0.3) is 0 Å². The van der Waals surface area contributed by atoms with E-state index in [0.717, 1.165) is 6.26 Å². The highest BCUT2D eigenvalue weighted by atomic mass is 32.2. The van der Waals surface area contributed by atoms with Crippen LogP contribution in [0, 0.1) is 0 Å². The zero-order valence-electron chi connectivity index (χ0n) is 11.4. The molecular formula is C12H18N2O4S2. The van der Waals surface area contributed by atoms with Gasteiger partial charge in [-0.05, 0) is 18.6 Å². The molecule has 1 atom stereocenters. The second-order valence-electron chi connectivity index (χ2n) is 5.13. The number of sulfone groups is 2. The predicted octanol–water partition coefficient (Wildman–Crippen LogP) is 0.296. The summed E-state index contributed by atoms with van der Waals surface area (Å²) in [5, 5.41) is 0. The molecule has 1 unspecified atom stereocenters. The van der Waals surface area contributed by atoms with E-state index in [1.807, 2.05) is 0 Å². The Hall–Kier alpha value is -1.28. The maximum Gasteiger partial charge on any atom is 0.177 e. The Kier molecular flexibility index (Phi) is 3.72. The van der Waals surface area contributed by atoms with Crippen LogP contribution < -0.4 is 10.6 Å². The molecule has 0 aromatic heterocycles. The largest absolute Gasteiger partial charge is 0.396 e. The van der Waals surface area contributed by atoms with Crippen LogP contribution in [0.2, 0.25) is 0 Å². The highest BCUT2D eigenvalue weighted by Crippen LogP contribution is 2.32. The number of nitrogen functional groups attached to an aromatic ring is 1. The Balaban J connectivity index is 2.39. The minimum Gasteiger partial charge on any atom is -0.396 e. The van der Waals surface area contributed by atoms with E-state index in [-0.39, 0.29) is 28.1 Å². The van der Waals surface area contributed by atoms with Crippen molar-refractivity contribution in [2.24, 2.45) is 0 Å². The van der Waals surface area contributed by atoms with Gasteiger partial charge in [-0.15, -0.1) is 0 Å². The summed E-state index contributed by atoms with van der Waals surface area (Å²) >= 11 is 0. The van der Waals surface area contributed by atoms with Gasteiger partial charge in [-0.25, -0.2) is 16.8 Å². The number of anilines is 2. The number of hydrogen-bond acceptors (Lipinski definition) is 6. The molecule has 8 heteroatoms. The standard InChI is InChI=1S/C12H18N2O4S2/c1-14(9-6-7-20(17,18)8-9)10-4-3-5-11(12(10)13)19(2,15)16/h3-5,9H,6-8,13H2,1-2H3. The third kappa shape index (κ3) is 2.90. The van der Waals surface area contributed by atoms with Crippen molar-refractivity contribution in [2.45, 2.75) is 17.4 Å². The van der Waals surface area contributed by atoms with Gasteiger partial charge in [0.15, 0.2) is 19.7 Å². The number of benzene rings is 1. The highest BCUT2D eigenvalue weighted by molar-refractivity contribution is 7.91. The normalized spacial score (nSPS) is 21.8. The fourth-order valence-corrected chi connectivity index (χ4v) is 5.05. The highest BCUT2D eigenvalue weighted by Gasteiger charge is 2.31. The molecule has 1 saturated heterocycles. The predicted molar refractivity (Wildman–Crippen MR) is 79.4 cm³/mol. The van der Waals surface area contributed by atoms with Crippen molar-refractivity contribution >= 4 is 31.0 Å². The molecule has 6 nitrogen and oxygen atoms in total. The van der Waals surface area contributed by atoms with Crippen LogP contribution in [0.15, 0.2) is 23.1 Å². The lowest BCUT2D eigenvalue weighted by atomic mass is 10.2. The summed E-state index contributed by atoms with van der Waals surface area (Å²) in [5.74, 6) is 0.236. The van der Waals surface area contributed by atoms with Gasteiger partial charge in [-0.3, -0.25) is 0 Å². The first-order chi connectivity index (χ1) is 9.12. The summed E-state index contributed by atoms with van der Waals surface area (Å²) in [7, 11) is -4.67. The van der Waals surface area contributed by atoms with Gasteiger partial charge in [0.2, 0.25) is 0 Å². The smallest absolute Gasteiger partial charge is 0.177 e. The maximum atomic E-state index is 11.7. The molecule has 0 amide bonds. The molecule has 1 aliphatic heterocycles. The van der Waals surface area contributed by atoms with Crippen molar-refractivity contribution in [3.05, 3.63) is 18.2 Å². The second-order valence-corrected chi connectivity index (χ2v) is 9.34. The molecule has 0 radical (unpaired) electrons. The van der Waals surface area contributed by atoms with Crippen LogP contribution in [0.5, 0.6) is 0 Å². The number of hydrogen-bond donors (Lipinski definition) is 1. The SMILES string of the molecule is CN(c1cccc(S(C)(=O)=O)c1N)C1CCS(=O)(=O)C1. The Morgan fingerprint density at radius 2 is 2.00 bits per heavy atom. The average Bonchev–Trinajstić information content (AvgIpc) is 2.67. The lowest BCUT2D eigenvalue weighted by Crippen LogP contribution is -2.33. The third-order valence-corrected chi connectivity index (χ3v) is 6.48. The van der Waals surface area contributed by atoms with E-state index >= 15 is 0 Å². The summed E-state index contributed by atoms with van der Waals surface area (Å²) < 4.78 is 46.4. The number of rotatable bonds is 3. The number of para-hydroxylation sites is 1. The van der Waals surface area contributed by atoms with Crippen LogP contribution in [-0.2, 0) is 19.7 Å². The van der Waals surface area contributed by atoms with Gasteiger partial charge >= 0.3 is 0 Å². The van der Waals surface area contributed by atoms with E-state index < -0.39 is 19.7 Å². The first-order valence-electron chi connectivity index (χ1n) is 6.13. The molecule has 0 spiro atoms. The Morgan fingerprint density at radius 1 is 1.35 bits per heavy atom. The van der Waals surface area contributed by atoms with Gasteiger partial charge in [0, 0.05) is 19.3 Å². The average molecular weight is 318 g/mol. The molecule has 112 valence electrons. The summed E-state index contributed by atoms with van der Waals surface area (Å²) in [4.78, 5) is 1.83. The van der Waals surface area contributed by atoms with Gasteiger partial charge in [-0.2, -0.15) is 0 Å². The number of nitrogens with zero attached hydrogens (tertiary/aromatic N) is 1. The zero-order valence-corrected chi connectivity index (χ0v) is 13.0. The van der Waals surface area contributed by atoms with Crippen LogP contribution in [0.25, 0.3) is 0 Å². The zero-order chi connectivity index (χ0) is 15.1. The Morgan fingerprint density at radius 3 is 2.50 bits per heavy atom. The van der Waals surface area contributed by atoms with Crippen molar-refractivity contribution in [2.75, 3.05) is 35.4 Å². The van der Waals surface area contributed by atoms with Crippen molar-refractivity contribution in [3.63, 3.8) is 0 Å². The molecule has 2 rings (SSSR count). The molecule has 0 aliphatic carbocycles. The van der Waals surface area contributed by atoms with Gasteiger partial charge < -0.3 is 10.6 Å². The van der Waals surface area contributed by atoms with Crippen molar-refractivity contribution < 1.29 is 16.8 Å². The van der Waals surface area contributed by atoms with Gasteiger partial charge in [-0.1, -0.05) is 6.07 Å². The van der Waals surface area contributed by atoms with Crippen LogP contribution in [-0.4, -0.2) is 47.7 Å². The summed E-state index contributed by atoms with van der Waals surface area (Å²) in [6.45, 7) is 0. The van der Waals surface area contributed by atoms with E-state index in [1.54, 1.807) is 24.1 Å². The quantitative estimate of drug-likeness (QED) is 0.805. The van der Waals surface area contributed by atoms with E-state index in [2.05, 4.69) is 0 Å². The van der Waals surface area contributed by atoms with Crippen LogP contribution in [0.4, 0.5) is 11.4 Å². The van der Waals surface area contributed by atoms with Crippen LogP contribution in [0.1, 0.15) is 6.42 Å². The Labute approximate surface area is 119 Å². The minimum absolute atomic E-state index is 0.0719. The van der Waals surface area contributed by atoms with Gasteiger partial charge in [0.05, 0.1) is 27.8 Å². The van der Waals surface area contributed by atoms with Gasteiger partial charge in [0.1, 0.15) is 0 Å². The molecule has 1 aromatic rings. The molecule has 0 saturated carbocycles. The summed E-state index contributed by atoms with van der Waals surface area (Å²) in [6, 6.07) is 4.60. The van der Waals surface area contributed by atoms with E-state index in [9.17, 15) is 16.8 Å². The molecule has 20 heavy (non-hydrogen) atoms. The van der Waals surface area contributed by atoms with Crippen molar-refractivity contribution in [1.82, 2.24) is 0 Å². The lowest BCUT2D eigenvalue weighted by molar-refractivity contribution is 0.599. The monoisotopic (exact) mass is 318 g/mol. The lowest BCUT2D eigenvalue weighted by Gasteiger charge is -2.27. The summed E-state index contributed by atoms with van der Waals surface area (Å²) in [5.41, 5.74) is 6.65. The third-order valence-electron chi connectivity index (χ3n) is 3.58. The van der Waals surface area contributed by atoms with Crippen LogP contribution >= 0.6 is 0 Å². The first kappa shape index (κ1) is 15.1. The second kappa shape index (κ2) is 4.92. The number of nitrogens with two attached hydrogens (primary N) is 1.